The number of nitrogens with one attached hydrogen (secondary N) is 1. The summed E-state index contributed by atoms with van der Waals surface area (Å²) >= 11 is 3.67. The highest BCUT2D eigenvalue weighted by Gasteiger charge is 2.25. The summed E-state index contributed by atoms with van der Waals surface area (Å²) in [6, 6.07) is 2.76. The van der Waals surface area contributed by atoms with E-state index in [1.807, 2.05) is 6.20 Å². The van der Waals surface area contributed by atoms with Gasteiger partial charge in [-0.1, -0.05) is 0 Å². The van der Waals surface area contributed by atoms with E-state index < -0.39 is 0 Å². The van der Waals surface area contributed by atoms with Gasteiger partial charge in [-0.25, -0.2) is 4.98 Å². The van der Waals surface area contributed by atoms with E-state index in [1.54, 1.807) is 0 Å². The molecule has 1 aliphatic carbocycles. The summed E-state index contributed by atoms with van der Waals surface area (Å²) in [5.41, 5.74) is 1.26. The Bertz CT molecular complexity index is 437. The predicted octanol–water partition coefficient (Wildman–Crippen LogP) is 3.12. The van der Waals surface area contributed by atoms with Gasteiger partial charge in [0, 0.05) is 25.3 Å². The first-order valence-electron chi connectivity index (χ1n) is 7.33. The number of hydrogen-bond donors (Lipinski definition) is 1. The highest BCUT2D eigenvalue weighted by atomic mass is 79.9. The van der Waals surface area contributed by atoms with E-state index in [2.05, 4.69) is 44.1 Å². The number of halogens is 1. The summed E-state index contributed by atoms with van der Waals surface area (Å²) in [6.07, 6.45) is 7.24. The van der Waals surface area contributed by atoms with Crippen LogP contribution >= 0.6 is 15.9 Å². The van der Waals surface area contributed by atoms with Crippen LogP contribution in [-0.2, 0) is 0 Å². The summed E-state index contributed by atoms with van der Waals surface area (Å²) in [5.74, 6) is 2.09. The van der Waals surface area contributed by atoms with Gasteiger partial charge >= 0.3 is 0 Å². The molecule has 0 aromatic carbocycles. The molecule has 3 rings (SSSR count). The van der Waals surface area contributed by atoms with E-state index in [1.165, 1.54) is 37.8 Å². The maximum Gasteiger partial charge on any atom is 0.143 e. The smallest absolute Gasteiger partial charge is 0.143 e. The fraction of sp³-hybridized carbons (Fsp3) is 0.667. The Labute approximate surface area is 123 Å². The molecule has 0 spiro atoms. The van der Waals surface area contributed by atoms with E-state index in [0.717, 1.165) is 29.3 Å². The van der Waals surface area contributed by atoms with Crippen molar-refractivity contribution in [1.29, 1.82) is 0 Å². The van der Waals surface area contributed by atoms with Crippen LogP contribution in [0.25, 0.3) is 0 Å². The van der Waals surface area contributed by atoms with Gasteiger partial charge in [0.2, 0.25) is 0 Å². The van der Waals surface area contributed by atoms with Crippen LogP contribution in [0.3, 0.4) is 0 Å². The molecule has 0 amide bonds. The summed E-state index contributed by atoms with van der Waals surface area (Å²) in [6.45, 7) is 5.57. The molecular weight excluding hydrogens is 302 g/mol. The maximum atomic E-state index is 4.53. The number of hydrogen-bond acceptors (Lipinski definition) is 3. The minimum atomic E-state index is 0.709. The van der Waals surface area contributed by atoms with Crippen LogP contribution in [0.4, 0.5) is 5.82 Å². The second kappa shape index (κ2) is 5.80. The molecule has 104 valence electrons. The van der Waals surface area contributed by atoms with Crippen molar-refractivity contribution < 1.29 is 0 Å². The molecule has 3 nitrogen and oxygen atoms in total. The predicted molar refractivity (Wildman–Crippen MR) is 82.6 cm³/mol. The molecule has 1 aromatic rings. The van der Waals surface area contributed by atoms with E-state index in [4.69, 9.17) is 0 Å². The van der Waals surface area contributed by atoms with Gasteiger partial charge in [0.05, 0.1) is 4.47 Å². The number of aryl methyl sites for hydroxylation is 1. The van der Waals surface area contributed by atoms with Crippen molar-refractivity contribution in [2.75, 3.05) is 24.5 Å². The van der Waals surface area contributed by atoms with Gasteiger partial charge in [-0.3, -0.25) is 0 Å². The van der Waals surface area contributed by atoms with Crippen molar-refractivity contribution >= 4 is 21.7 Å². The standard InChI is InChI=1S/C15H22BrN3/c1-11-4-7-17-15(14(11)16)19-8-5-13(6-9-19)18-10-12-2-3-12/h4,7,12-13,18H,2-3,5-6,8-10H2,1H3. The second-order valence-corrected chi connectivity index (χ2v) is 6.67. The SMILES string of the molecule is Cc1ccnc(N2CCC(NCC3CC3)CC2)c1Br. The average Bonchev–Trinajstić information content (AvgIpc) is 3.25. The van der Waals surface area contributed by atoms with Crippen LogP contribution in [0.1, 0.15) is 31.2 Å². The van der Waals surface area contributed by atoms with Crippen molar-refractivity contribution in [2.45, 2.75) is 38.6 Å². The van der Waals surface area contributed by atoms with Crippen LogP contribution < -0.4 is 10.2 Å². The lowest BCUT2D eigenvalue weighted by molar-refractivity contribution is 0.407. The van der Waals surface area contributed by atoms with Crippen molar-refractivity contribution in [3.05, 3.63) is 22.3 Å². The van der Waals surface area contributed by atoms with E-state index in [-0.39, 0.29) is 0 Å². The van der Waals surface area contributed by atoms with Gasteiger partial charge in [-0.15, -0.1) is 0 Å². The highest BCUT2D eigenvalue weighted by Crippen LogP contribution is 2.30. The first-order valence-corrected chi connectivity index (χ1v) is 8.13. The molecule has 0 radical (unpaired) electrons. The third-order valence-electron chi connectivity index (χ3n) is 4.25. The van der Waals surface area contributed by atoms with Crippen LogP contribution in [0, 0.1) is 12.8 Å². The third-order valence-corrected chi connectivity index (χ3v) is 5.23. The number of piperidine rings is 1. The van der Waals surface area contributed by atoms with Gasteiger partial charge in [0.1, 0.15) is 5.82 Å². The molecule has 19 heavy (non-hydrogen) atoms. The Morgan fingerprint density at radius 2 is 2.05 bits per heavy atom. The first-order chi connectivity index (χ1) is 9.24. The molecule has 1 saturated carbocycles. The Balaban J connectivity index is 1.55. The molecule has 2 fully saturated rings. The lowest BCUT2D eigenvalue weighted by Crippen LogP contribution is -2.43. The molecule has 4 heteroatoms. The van der Waals surface area contributed by atoms with Crippen molar-refractivity contribution in [2.24, 2.45) is 5.92 Å². The van der Waals surface area contributed by atoms with Crippen LogP contribution in [-0.4, -0.2) is 30.7 Å². The fourth-order valence-electron chi connectivity index (χ4n) is 2.70. The molecule has 1 aromatic heterocycles. The summed E-state index contributed by atoms with van der Waals surface area (Å²) in [7, 11) is 0. The molecule has 1 aliphatic heterocycles. The molecule has 2 heterocycles. The summed E-state index contributed by atoms with van der Waals surface area (Å²) in [5, 5.41) is 3.72. The Hall–Kier alpha value is -0.610. The average molecular weight is 324 g/mol. The van der Waals surface area contributed by atoms with Crippen LogP contribution in [0.2, 0.25) is 0 Å². The van der Waals surface area contributed by atoms with E-state index in [0.29, 0.717) is 6.04 Å². The Kier molecular flexibility index (Phi) is 4.08. The number of anilines is 1. The zero-order valence-electron chi connectivity index (χ0n) is 11.5. The Morgan fingerprint density at radius 3 is 2.74 bits per heavy atom. The normalized spacial score (nSPS) is 20.8. The van der Waals surface area contributed by atoms with Crippen molar-refractivity contribution in [3.63, 3.8) is 0 Å². The quantitative estimate of drug-likeness (QED) is 0.922. The lowest BCUT2D eigenvalue weighted by Gasteiger charge is -2.34. The van der Waals surface area contributed by atoms with E-state index >= 15 is 0 Å². The largest absolute Gasteiger partial charge is 0.356 e. The van der Waals surface area contributed by atoms with Gasteiger partial charge in [-0.2, -0.15) is 0 Å². The Morgan fingerprint density at radius 1 is 1.32 bits per heavy atom. The van der Waals surface area contributed by atoms with Crippen molar-refractivity contribution in [1.82, 2.24) is 10.3 Å². The molecule has 1 saturated heterocycles. The molecule has 1 N–H and O–H groups in total. The van der Waals surface area contributed by atoms with Gasteiger partial charge in [0.25, 0.3) is 0 Å². The number of rotatable bonds is 4. The summed E-state index contributed by atoms with van der Waals surface area (Å²) < 4.78 is 1.15. The number of nitrogens with zero attached hydrogens (tertiary/aromatic N) is 2. The topological polar surface area (TPSA) is 28.2 Å². The van der Waals surface area contributed by atoms with Crippen LogP contribution in [0.15, 0.2) is 16.7 Å². The zero-order chi connectivity index (χ0) is 13.2. The first kappa shape index (κ1) is 13.4. The van der Waals surface area contributed by atoms with Gasteiger partial charge in [-0.05, 0) is 72.6 Å². The molecular formula is C15H22BrN3. The van der Waals surface area contributed by atoms with Crippen molar-refractivity contribution in [3.8, 4) is 0 Å². The fourth-order valence-corrected chi connectivity index (χ4v) is 3.18. The molecule has 0 bridgehead atoms. The van der Waals surface area contributed by atoms with Gasteiger partial charge in [0.15, 0.2) is 0 Å². The second-order valence-electron chi connectivity index (χ2n) is 5.88. The highest BCUT2D eigenvalue weighted by molar-refractivity contribution is 9.10. The molecule has 2 aliphatic rings. The number of aromatic nitrogens is 1. The molecule has 0 atom stereocenters. The number of pyridine rings is 1. The van der Waals surface area contributed by atoms with E-state index in [9.17, 15) is 0 Å². The monoisotopic (exact) mass is 323 g/mol. The molecule has 0 unspecified atom stereocenters. The zero-order valence-corrected chi connectivity index (χ0v) is 13.1. The maximum absolute atomic E-state index is 4.53. The minimum absolute atomic E-state index is 0.709. The van der Waals surface area contributed by atoms with Gasteiger partial charge < -0.3 is 10.2 Å². The minimum Gasteiger partial charge on any atom is -0.356 e. The lowest BCUT2D eigenvalue weighted by atomic mass is 10.0. The third kappa shape index (κ3) is 3.29. The summed E-state index contributed by atoms with van der Waals surface area (Å²) in [4.78, 5) is 6.94. The van der Waals surface area contributed by atoms with Crippen LogP contribution in [0.5, 0.6) is 0 Å².